The number of thioether (sulfide) groups is 1. The van der Waals surface area contributed by atoms with Crippen LogP contribution in [0.4, 0.5) is 5.69 Å². The number of hydrogen-bond donors (Lipinski definition) is 0. The summed E-state index contributed by atoms with van der Waals surface area (Å²) in [7, 11) is 1.62. The van der Waals surface area contributed by atoms with Gasteiger partial charge in [-0.2, -0.15) is 4.68 Å². The van der Waals surface area contributed by atoms with Gasteiger partial charge in [-0.15, -0.1) is 5.10 Å². The zero-order valence-corrected chi connectivity index (χ0v) is 19.0. The van der Waals surface area contributed by atoms with E-state index in [9.17, 15) is 4.79 Å². The van der Waals surface area contributed by atoms with Crippen molar-refractivity contribution in [3.63, 3.8) is 0 Å². The first-order valence-electron chi connectivity index (χ1n) is 10.6. The molecular formula is C23H23N7O2S. The molecule has 0 atom stereocenters. The summed E-state index contributed by atoms with van der Waals surface area (Å²) in [6.07, 6.45) is 1.48. The minimum atomic E-state index is 0.0969. The van der Waals surface area contributed by atoms with E-state index in [2.05, 4.69) is 37.3 Å². The standard InChI is InChI=1S/C23H23N7O2S/c1-32-19-9-5-8-18(14-19)30-22-21(26-27-30)23(25-16-24-22)33-15-20(31)29-12-10-28(11-13-29)17-6-3-2-4-7-17/h2-9,14,16H,10-13,15H2,1H3. The molecule has 4 aromatic rings. The van der Waals surface area contributed by atoms with Crippen LogP contribution in [-0.4, -0.2) is 74.8 Å². The molecule has 1 amide bonds. The van der Waals surface area contributed by atoms with Gasteiger partial charge in [0.05, 0.1) is 18.6 Å². The van der Waals surface area contributed by atoms with Crippen LogP contribution < -0.4 is 9.64 Å². The number of methoxy groups -OCH3 is 1. The Labute approximate surface area is 195 Å². The van der Waals surface area contributed by atoms with Gasteiger partial charge >= 0.3 is 0 Å². The van der Waals surface area contributed by atoms with Gasteiger partial charge in [0.1, 0.15) is 17.1 Å². The Kier molecular flexibility index (Phi) is 6.07. The van der Waals surface area contributed by atoms with E-state index < -0.39 is 0 Å². The van der Waals surface area contributed by atoms with Crippen LogP contribution in [0, 0.1) is 0 Å². The first-order valence-corrected chi connectivity index (χ1v) is 11.6. The van der Waals surface area contributed by atoms with Crippen molar-refractivity contribution in [2.45, 2.75) is 5.03 Å². The number of amides is 1. The highest BCUT2D eigenvalue weighted by Crippen LogP contribution is 2.25. The molecule has 1 fully saturated rings. The topological polar surface area (TPSA) is 89.3 Å². The fourth-order valence-electron chi connectivity index (χ4n) is 3.82. The normalized spacial score (nSPS) is 14.0. The molecule has 0 N–H and O–H groups in total. The number of hydrogen-bond acceptors (Lipinski definition) is 8. The van der Waals surface area contributed by atoms with Crippen molar-refractivity contribution in [2.24, 2.45) is 0 Å². The maximum atomic E-state index is 12.8. The molecule has 33 heavy (non-hydrogen) atoms. The van der Waals surface area contributed by atoms with Gasteiger partial charge < -0.3 is 14.5 Å². The van der Waals surface area contributed by atoms with Crippen LogP contribution >= 0.6 is 11.8 Å². The largest absolute Gasteiger partial charge is 0.497 e. The van der Waals surface area contributed by atoms with Gasteiger partial charge in [-0.05, 0) is 24.3 Å². The molecule has 2 aromatic carbocycles. The summed E-state index contributed by atoms with van der Waals surface area (Å²) >= 11 is 1.37. The number of piperazine rings is 1. The molecule has 0 bridgehead atoms. The first-order chi connectivity index (χ1) is 16.2. The lowest BCUT2D eigenvalue weighted by Crippen LogP contribution is -2.49. The lowest BCUT2D eigenvalue weighted by Gasteiger charge is -2.36. The maximum absolute atomic E-state index is 12.8. The second-order valence-corrected chi connectivity index (χ2v) is 8.51. The van der Waals surface area contributed by atoms with Gasteiger partial charge in [-0.25, -0.2) is 9.97 Å². The lowest BCUT2D eigenvalue weighted by molar-refractivity contribution is -0.128. The van der Waals surface area contributed by atoms with Crippen LogP contribution in [-0.2, 0) is 4.79 Å². The summed E-state index contributed by atoms with van der Waals surface area (Å²) in [6, 6.07) is 17.8. The van der Waals surface area contributed by atoms with Gasteiger partial charge in [0, 0.05) is 37.9 Å². The monoisotopic (exact) mass is 461 g/mol. The van der Waals surface area contributed by atoms with Gasteiger partial charge in [-0.3, -0.25) is 4.79 Å². The number of benzene rings is 2. The second-order valence-electron chi connectivity index (χ2n) is 7.55. The summed E-state index contributed by atoms with van der Waals surface area (Å²) in [6.45, 7) is 3.07. The van der Waals surface area contributed by atoms with Gasteiger partial charge in [0.2, 0.25) is 5.91 Å². The van der Waals surface area contributed by atoms with E-state index in [1.807, 2.05) is 47.4 Å². The Morgan fingerprint density at radius 2 is 1.79 bits per heavy atom. The highest BCUT2D eigenvalue weighted by atomic mass is 32.2. The third-order valence-corrected chi connectivity index (χ3v) is 6.55. The van der Waals surface area contributed by atoms with Crippen molar-refractivity contribution >= 4 is 34.5 Å². The molecule has 0 unspecified atom stereocenters. The van der Waals surface area contributed by atoms with Gasteiger partial charge in [0.15, 0.2) is 11.2 Å². The van der Waals surface area contributed by atoms with E-state index in [0.29, 0.717) is 35.0 Å². The van der Waals surface area contributed by atoms with Crippen LogP contribution in [0.5, 0.6) is 5.75 Å². The number of aromatic nitrogens is 5. The van der Waals surface area contributed by atoms with Crippen LogP contribution in [0.1, 0.15) is 0 Å². The minimum absolute atomic E-state index is 0.0969. The Morgan fingerprint density at radius 1 is 1.00 bits per heavy atom. The number of carbonyl (C=O) groups excluding carboxylic acids is 1. The van der Waals surface area contributed by atoms with E-state index in [1.54, 1.807) is 11.8 Å². The molecule has 5 rings (SSSR count). The molecule has 0 radical (unpaired) electrons. The molecule has 0 aliphatic carbocycles. The third-order valence-electron chi connectivity index (χ3n) is 5.59. The first kappa shape index (κ1) is 21.2. The number of ether oxygens (including phenoxy) is 1. The Morgan fingerprint density at radius 3 is 2.58 bits per heavy atom. The van der Waals surface area contributed by atoms with Crippen molar-refractivity contribution < 1.29 is 9.53 Å². The highest BCUT2D eigenvalue weighted by Gasteiger charge is 2.22. The molecule has 168 valence electrons. The molecule has 3 heterocycles. The molecule has 10 heteroatoms. The summed E-state index contributed by atoms with van der Waals surface area (Å²) in [4.78, 5) is 25.8. The van der Waals surface area contributed by atoms with E-state index in [1.165, 1.54) is 23.8 Å². The van der Waals surface area contributed by atoms with Crippen molar-refractivity contribution in [3.8, 4) is 11.4 Å². The average molecular weight is 462 g/mol. The number of carbonyl (C=O) groups is 1. The van der Waals surface area contributed by atoms with Crippen LogP contribution in [0.2, 0.25) is 0 Å². The molecule has 1 aliphatic heterocycles. The van der Waals surface area contributed by atoms with Crippen LogP contribution in [0.25, 0.3) is 16.9 Å². The molecule has 2 aromatic heterocycles. The summed E-state index contributed by atoms with van der Waals surface area (Å²) < 4.78 is 6.95. The maximum Gasteiger partial charge on any atom is 0.233 e. The van der Waals surface area contributed by atoms with E-state index >= 15 is 0 Å². The highest BCUT2D eigenvalue weighted by molar-refractivity contribution is 8.00. The Bertz CT molecular complexity index is 1260. The van der Waals surface area contributed by atoms with E-state index in [4.69, 9.17) is 4.74 Å². The quantitative estimate of drug-likeness (QED) is 0.320. The smallest absolute Gasteiger partial charge is 0.233 e. The Balaban J connectivity index is 1.25. The number of para-hydroxylation sites is 1. The van der Waals surface area contributed by atoms with Crippen molar-refractivity contribution in [3.05, 3.63) is 60.9 Å². The van der Waals surface area contributed by atoms with Crippen molar-refractivity contribution in [2.75, 3.05) is 43.9 Å². The fourth-order valence-corrected chi connectivity index (χ4v) is 4.66. The summed E-state index contributed by atoms with van der Waals surface area (Å²) in [5.74, 6) is 1.11. The molecule has 0 saturated carbocycles. The van der Waals surface area contributed by atoms with Crippen molar-refractivity contribution in [1.82, 2.24) is 29.9 Å². The SMILES string of the molecule is COc1cccc(-n2nnc3c(SCC(=O)N4CCN(c5ccccc5)CC4)ncnc32)c1. The number of nitrogens with zero attached hydrogens (tertiary/aromatic N) is 7. The van der Waals surface area contributed by atoms with E-state index in [-0.39, 0.29) is 5.91 Å². The van der Waals surface area contributed by atoms with Crippen molar-refractivity contribution in [1.29, 1.82) is 0 Å². The zero-order valence-electron chi connectivity index (χ0n) is 18.2. The predicted octanol–water partition coefficient (Wildman–Crippen LogP) is 2.66. The molecular weight excluding hydrogens is 438 g/mol. The molecule has 1 saturated heterocycles. The van der Waals surface area contributed by atoms with Crippen LogP contribution in [0.15, 0.2) is 66.0 Å². The molecule has 9 nitrogen and oxygen atoms in total. The zero-order chi connectivity index (χ0) is 22.6. The Hall–Kier alpha value is -3.66. The average Bonchev–Trinajstić information content (AvgIpc) is 3.33. The second kappa shape index (κ2) is 9.45. The number of rotatable bonds is 6. The molecule has 0 spiro atoms. The molecule has 1 aliphatic rings. The van der Waals surface area contributed by atoms with Gasteiger partial charge in [-0.1, -0.05) is 41.2 Å². The number of anilines is 1. The third kappa shape index (κ3) is 4.47. The lowest BCUT2D eigenvalue weighted by atomic mass is 10.2. The summed E-state index contributed by atoms with van der Waals surface area (Å²) in [5.41, 5.74) is 3.15. The minimum Gasteiger partial charge on any atom is -0.497 e. The predicted molar refractivity (Wildman–Crippen MR) is 127 cm³/mol. The van der Waals surface area contributed by atoms with Gasteiger partial charge in [0.25, 0.3) is 0 Å². The van der Waals surface area contributed by atoms with E-state index in [0.717, 1.165) is 24.5 Å². The van der Waals surface area contributed by atoms with Crippen LogP contribution in [0.3, 0.4) is 0 Å². The summed E-state index contributed by atoms with van der Waals surface area (Å²) in [5, 5.41) is 9.17. The number of fused-ring (bicyclic) bond motifs is 1. The fraction of sp³-hybridized carbons (Fsp3) is 0.261.